The van der Waals surface area contributed by atoms with Gasteiger partial charge in [-0.2, -0.15) is 0 Å². The Labute approximate surface area is 345 Å². The smallest absolute Gasteiger partial charge is 0.143 e. The van der Waals surface area contributed by atoms with Gasteiger partial charge >= 0.3 is 0 Å². The number of anilines is 3. The van der Waals surface area contributed by atoms with Crippen LogP contribution in [0.4, 0.5) is 17.1 Å². The molecule has 2 heterocycles. The van der Waals surface area contributed by atoms with Gasteiger partial charge in [0.15, 0.2) is 0 Å². The molecule has 0 amide bonds. The Morgan fingerprint density at radius 3 is 1.73 bits per heavy atom. The molecule has 3 heteroatoms. The van der Waals surface area contributed by atoms with E-state index in [9.17, 15) is 0 Å². The van der Waals surface area contributed by atoms with Gasteiger partial charge in [0, 0.05) is 53.3 Å². The molecular weight excluding hydrogens is 735 g/mol. The van der Waals surface area contributed by atoms with Gasteiger partial charge in [-0.25, -0.2) is 0 Å². The Morgan fingerprint density at radius 2 is 0.915 bits per heavy atom. The second-order valence-electron chi connectivity index (χ2n) is 15.2. The van der Waals surface area contributed by atoms with Crippen molar-refractivity contribution in [2.45, 2.75) is 0 Å². The topological polar surface area (TPSA) is 16.4 Å². The molecule has 12 rings (SSSR count). The van der Waals surface area contributed by atoms with E-state index in [1.165, 1.54) is 58.6 Å². The summed E-state index contributed by atoms with van der Waals surface area (Å²) in [6, 6.07) is 77.0. The Bertz CT molecular complexity index is 3550. The molecule has 0 saturated heterocycles. The minimum Gasteiger partial charge on any atom is -0.455 e. The van der Waals surface area contributed by atoms with Gasteiger partial charge in [0.2, 0.25) is 0 Å². The Morgan fingerprint density at radius 1 is 0.356 bits per heavy atom. The SMILES string of the molecule is c1ccc(N(c2ccc(-c3cccc4ccccc34)cc2)c2ccc(-c3cccc4oc5c6ccccc6ccc5c34)cc2)c(-c2ccc3c(c2)sc2ccccc23)c1. The molecule has 10 aromatic carbocycles. The van der Waals surface area contributed by atoms with Crippen LogP contribution in [0.1, 0.15) is 0 Å². The van der Waals surface area contributed by atoms with Crippen LogP contribution in [0.15, 0.2) is 217 Å². The van der Waals surface area contributed by atoms with E-state index in [0.717, 1.165) is 55.5 Å². The van der Waals surface area contributed by atoms with Crippen molar-refractivity contribution in [3.8, 4) is 33.4 Å². The van der Waals surface area contributed by atoms with Crippen molar-refractivity contribution in [1.82, 2.24) is 0 Å². The summed E-state index contributed by atoms with van der Waals surface area (Å²) < 4.78 is 9.17. The number of furan rings is 1. The average molecular weight is 770 g/mol. The van der Waals surface area contributed by atoms with Crippen molar-refractivity contribution in [3.05, 3.63) is 212 Å². The molecule has 0 spiro atoms. The van der Waals surface area contributed by atoms with E-state index in [4.69, 9.17) is 4.42 Å². The maximum atomic E-state index is 6.56. The van der Waals surface area contributed by atoms with E-state index in [-0.39, 0.29) is 0 Å². The molecule has 0 aliphatic heterocycles. The molecule has 0 saturated carbocycles. The highest BCUT2D eigenvalue weighted by Crippen LogP contribution is 2.45. The molecule has 0 radical (unpaired) electrons. The van der Waals surface area contributed by atoms with Gasteiger partial charge in [0.05, 0.1) is 5.69 Å². The quantitative estimate of drug-likeness (QED) is 0.167. The first-order valence-electron chi connectivity index (χ1n) is 20.1. The maximum Gasteiger partial charge on any atom is 0.143 e. The zero-order chi connectivity index (χ0) is 38.9. The lowest BCUT2D eigenvalue weighted by Gasteiger charge is -2.28. The maximum absolute atomic E-state index is 6.56. The van der Waals surface area contributed by atoms with Crippen molar-refractivity contribution in [1.29, 1.82) is 0 Å². The Balaban J connectivity index is 1.00. The molecule has 0 bridgehead atoms. The number of fused-ring (bicyclic) bond motifs is 9. The van der Waals surface area contributed by atoms with E-state index >= 15 is 0 Å². The van der Waals surface area contributed by atoms with Crippen molar-refractivity contribution >= 4 is 92.1 Å². The van der Waals surface area contributed by atoms with Gasteiger partial charge in [-0.05, 0) is 98.6 Å². The molecule has 2 aromatic heterocycles. The number of nitrogens with zero attached hydrogens (tertiary/aromatic N) is 1. The molecule has 0 atom stereocenters. The van der Waals surface area contributed by atoms with E-state index in [0.29, 0.717) is 0 Å². The van der Waals surface area contributed by atoms with Crippen molar-refractivity contribution in [3.63, 3.8) is 0 Å². The number of rotatable bonds is 6. The molecule has 0 unspecified atom stereocenters. The zero-order valence-electron chi connectivity index (χ0n) is 32.0. The summed E-state index contributed by atoms with van der Waals surface area (Å²) in [6.07, 6.45) is 0. The highest BCUT2D eigenvalue weighted by Gasteiger charge is 2.20. The highest BCUT2D eigenvalue weighted by molar-refractivity contribution is 7.25. The lowest BCUT2D eigenvalue weighted by atomic mass is 9.97. The van der Waals surface area contributed by atoms with Crippen LogP contribution < -0.4 is 4.90 Å². The summed E-state index contributed by atoms with van der Waals surface area (Å²) >= 11 is 1.86. The summed E-state index contributed by atoms with van der Waals surface area (Å²) in [5.74, 6) is 0. The third kappa shape index (κ3) is 5.55. The molecule has 2 nitrogen and oxygen atoms in total. The number of para-hydroxylation sites is 1. The molecule has 59 heavy (non-hydrogen) atoms. The largest absolute Gasteiger partial charge is 0.455 e. The normalized spacial score (nSPS) is 11.7. The van der Waals surface area contributed by atoms with Crippen LogP contribution in [-0.2, 0) is 0 Å². The molecule has 0 aliphatic carbocycles. The number of hydrogen-bond donors (Lipinski definition) is 0. The van der Waals surface area contributed by atoms with E-state index in [1.807, 2.05) is 11.3 Å². The third-order valence-corrected chi connectivity index (χ3v) is 13.0. The first-order chi connectivity index (χ1) is 29.2. The van der Waals surface area contributed by atoms with Gasteiger partial charge in [-0.3, -0.25) is 0 Å². The summed E-state index contributed by atoms with van der Waals surface area (Å²) in [6.45, 7) is 0. The molecular formula is C56H35NOS. The molecule has 0 aliphatic rings. The first-order valence-corrected chi connectivity index (χ1v) is 20.9. The molecule has 0 N–H and O–H groups in total. The second-order valence-corrected chi connectivity index (χ2v) is 16.3. The van der Waals surface area contributed by atoms with Crippen LogP contribution in [-0.4, -0.2) is 0 Å². The molecule has 276 valence electrons. The summed E-state index contributed by atoms with van der Waals surface area (Å²) in [5, 5.41) is 9.71. The number of thiophene rings is 1. The average Bonchev–Trinajstić information content (AvgIpc) is 3.88. The van der Waals surface area contributed by atoms with Gasteiger partial charge in [0.1, 0.15) is 11.2 Å². The minimum absolute atomic E-state index is 0.898. The fourth-order valence-corrected chi connectivity index (χ4v) is 10.2. The summed E-state index contributed by atoms with van der Waals surface area (Å²) in [4.78, 5) is 2.40. The molecule has 12 aromatic rings. The molecule has 0 fully saturated rings. The van der Waals surface area contributed by atoms with Crippen LogP contribution in [0.3, 0.4) is 0 Å². The van der Waals surface area contributed by atoms with Crippen LogP contribution in [0.2, 0.25) is 0 Å². The van der Waals surface area contributed by atoms with E-state index < -0.39 is 0 Å². The lowest BCUT2D eigenvalue weighted by molar-refractivity contribution is 0.673. The standard InChI is InChI=1S/C56H35NOS/c1-3-14-43-36(11-1)13-9-18-44(43)38-23-29-41(30-24-38)57(51-20-7-5-15-45(51)40-28-33-49-48-17-6-8-22-53(48)59-54(49)35-40)42-31-25-39(26-32-42)46-19-10-21-52-55(46)50-34-27-37-12-2-4-16-47(37)56(50)58-52/h1-35H. The number of benzene rings is 10. The van der Waals surface area contributed by atoms with Crippen LogP contribution >= 0.6 is 11.3 Å². The third-order valence-electron chi connectivity index (χ3n) is 11.9. The summed E-state index contributed by atoms with van der Waals surface area (Å²) in [5.41, 5.74) is 12.2. The van der Waals surface area contributed by atoms with Crippen LogP contribution in [0, 0.1) is 0 Å². The predicted molar refractivity (Wildman–Crippen MR) is 253 cm³/mol. The lowest BCUT2D eigenvalue weighted by Crippen LogP contribution is -2.11. The fourth-order valence-electron chi connectivity index (χ4n) is 9.09. The second kappa shape index (κ2) is 13.6. The van der Waals surface area contributed by atoms with Gasteiger partial charge in [-0.15, -0.1) is 11.3 Å². The predicted octanol–water partition coefficient (Wildman–Crippen LogP) is 16.7. The van der Waals surface area contributed by atoms with Crippen molar-refractivity contribution in [2.24, 2.45) is 0 Å². The highest BCUT2D eigenvalue weighted by atomic mass is 32.1. The number of hydrogen-bond acceptors (Lipinski definition) is 3. The van der Waals surface area contributed by atoms with E-state index in [1.54, 1.807) is 0 Å². The van der Waals surface area contributed by atoms with Crippen LogP contribution in [0.5, 0.6) is 0 Å². The van der Waals surface area contributed by atoms with E-state index in [2.05, 4.69) is 217 Å². The summed E-state index contributed by atoms with van der Waals surface area (Å²) in [7, 11) is 0. The zero-order valence-corrected chi connectivity index (χ0v) is 32.8. The van der Waals surface area contributed by atoms with Crippen molar-refractivity contribution < 1.29 is 4.42 Å². The monoisotopic (exact) mass is 769 g/mol. The fraction of sp³-hybridized carbons (Fsp3) is 0. The Kier molecular flexibility index (Phi) is 7.75. The Hall–Kier alpha value is -7.46. The van der Waals surface area contributed by atoms with Gasteiger partial charge in [-0.1, -0.05) is 158 Å². The van der Waals surface area contributed by atoms with Gasteiger partial charge in [0.25, 0.3) is 0 Å². The van der Waals surface area contributed by atoms with Crippen LogP contribution in [0.25, 0.3) is 97.0 Å². The first kappa shape index (κ1) is 33.7. The van der Waals surface area contributed by atoms with Gasteiger partial charge < -0.3 is 9.32 Å². The van der Waals surface area contributed by atoms with Crippen molar-refractivity contribution in [2.75, 3.05) is 4.90 Å². The minimum atomic E-state index is 0.898.